The van der Waals surface area contributed by atoms with Gasteiger partial charge in [0.1, 0.15) is 4.90 Å². The van der Waals surface area contributed by atoms with Gasteiger partial charge in [-0.1, -0.05) is 24.3 Å². The second-order valence-corrected chi connectivity index (χ2v) is 8.50. The fraction of sp³-hybridized carbons (Fsp3) is 0.500. The van der Waals surface area contributed by atoms with Crippen molar-refractivity contribution < 1.29 is 13.2 Å². The molecule has 25 heavy (non-hydrogen) atoms. The number of aromatic nitrogens is 2. The Bertz CT molecular complexity index is 872. The highest BCUT2D eigenvalue weighted by Crippen LogP contribution is 2.23. The number of rotatable bonds is 5. The number of nitrogens with zero attached hydrogens (tertiary/aromatic N) is 2. The molecule has 1 atom stereocenters. The van der Waals surface area contributed by atoms with Crippen LogP contribution in [0.4, 0.5) is 0 Å². The lowest BCUT2D eigenvalue weighted by Crippen LogP contribution is -2.37. The van der Waals surface area contributed by atoms with E-state index in [0.717, 1.165) is 0 Å². The molecule has 0 bridgehead atoms. The van der Waals surface area contributed by atoms with Crippen LogP contribution in [0.15, 0.2) is 29.2 Å². The van der Waals surface area contributed by atoms with E-state index in [1.54, 1.807) is 18.5 Å². The van der Waals surface area contributed by atoms with Gasteiger partial charge >= 0.3 is 0 Å². The number of hydrogen-bond acceptors (Lipinski definition) is 4. The summed E-state index contributed by atoms with van der Waals surface area (Å²) in [6.07, 6.45) is 0.549. The van der Waals surface area contributed by atoms with Gasteiger partial charge in [0, 0.05) is 19.0 Å². The summed E-state index contributed by atoms with van der Waals surface area (Å²) in [7, 11) is -3.62. The van der Waals surface area contributed by atoms with E-state index in [1.807, 2.05) is 32.0 Å². The number of sulfonamides is 1. The molecule has 6 nitrogen and oxygen atoms in total. The van der Waals surface area contributed by atoms with Gasteiger partial charge < -0.3 is 4.74 Å². The van der Waals surface area contributed by atoms with E-state index in [0.29, 0.717) is 24.4 Å². The van der Waals surface area contributed by atoms with Crippen molar-refractivity contribution in [3.8, 4) is 0 Å². The average molecular weight is 363 g/mol. The Morgan fingerprint density at radius 2 is 1.96 bits per heavy atom. The van der Waals surface area contributed by atoms with E-state index < -0.39 is 10.0 Å². The second-order valence-electron chi connectivity index (χ2n) is 6.80. The number of benzene rings is 1. The van der Waals surface area contributed by atoms with Crippen molar-refractivity contribution in [2.24, 2.45) is 0 Å². The minimum Gasteiger partial charge on any atom is -0.372 e. The SMILES string of the molecule is Cc1nn(C(C)C)c(C)c1S(=O)(=O)NC[C@@H]1Cc2ccccc2CO1. The van der Waals surface area contributed by atoms with Crippen molar-refractivity contribution in [2.45, 2.75) is 57.8 Å². The van der Waals surface area contributed by atoms with Crippen molar-refractivity contribution in [3.05, 3.63) is 46.8 Å². The molecular weight excluding hydrogens is 338 g/mol. The summed E-state index contributed by atoms with van der Waals surface area (Å²) in [6, 6.07) is 8.21. The molecule has 0 saturated heterocycles. The molecule has 136 valence electrons. The van der Waals surface area contributed by atoms with Crippen LogP contribution in [-0.2, 0) is 27.8 Å². The molecule has 0 spiro atoms. The molecule has 1 aliphatic rings. The first-order valence-corrected chi connectivity index (χ1v) is 10.0. The molecular formula is C18H25N3O3S. The number of ether oxygens (including phenoxy) is 1. The minimum absolute atomic E-state index is 0.112. The van der Waals surface area contributed by atoms with E-state index in [1.165, 1.54) is 11.1 Å². The van der Waals surface area contributed by atoms with Crippen LogP contribution in [-0.4, -0.2) is 30.8 Å². The third kappa shape index (κ3) is 3.63. The van der Waals surface area contributed by atoms with E-state index in [4.69, 9.17) is 4.74 Å². The molecule has 3 rings (SSSR count). The molecule has 1 N–H and O–H groups in total. The summed E-state index contributed by atoms with van der Waals surface area (Å²) in [6.45, 7) is 8.26. The van der Waals surface area contributed by atoms with E-state index >= 15 is 0 Å². The van der Waals surface area contributed by atoms with Crippen LogP contribution in [0, 0.1) is 13.8 Å². The van der Waals surface area contributed by atoms with E-state index in [2.05, 4.69) is 15.9 Å². The van der Waals surface area contributed by atoms with Gasteiger partial charge in [0.05, 0.1) is 24.1 Å². The van der Waals surface area contributed by atoms with Gasteiger partial charge in [-0.15, -0.1) is 0 Å². The van der Waals surface area contributed by atoms with Crippen LogP contribution in [0.25, 0.3) is 0 Å². The standard InChI is InChI=1S/C18H25N3O3S/c1-12(2)21-14(4)18(13(3)20-21)25(22,23)19-10-17-9-15-7-5-6-8-16(15)11-24-17/h5-8,12,17,19H,9-11H2,1-4H3/t17-/m0/s1. The third-order valence-corrected chi connectivity index (χ3v) is 6.23. The first-order chi connectivity index (χ1) is 11.8. The summed E-state index contributed by atoms with van der Waals surface area (Å²) >= 11 is 0. The molecule has 1 aliphatic heterocycles. The van der Waals surface area contributed by atoms with Crippen molar-refractivity contribution >= 4 is 10.0 Å². The highest BCUT2D eigenvalue weighted by atomic mass is 32.2. The van der Waals surface area contributed by atoms with Gasteiger partial charge in [-0.2, -0.15) is 5.10 Å². The lowest BCUT2D eigenvalue weighted by atomic mass is 9.99. The monoisotopic (exact) mass is 363 g/mol. The second kappa shape index (κ2) is 6.90. The van der Waals surface area contributed by atoms with Crippen molar-refractivity contribution in [3.63, 3.8) is 0 Å². The van der Waals surface area contributed by atoms with Gasteiger partial charge in [-0.25, -0.2) is 13.1 Å². The first-order valence-electron chi connectivity index (χ1n) is 8.53. The normalized spacial score (nSPS) is 17.7. The summed E-state index contributed by atoms with van der Waals surface area (Å²) in [5.41, 5.74) is 3.58. The average Bonchev–Trinajstić information content (AvgIpc) is 2.88. The first kappa shape index (κ1) is 18.1. The quantitative estimate of drug-likeness (QED) is 0.886. The van der Waals surface area contributed by atoms with E-state index in [9.17, 15) is 8.42 Å². The van der Waals surface area contributed by atoms with Gasteiger partial charge in [-0.3, -0.25) is 4.68 Å². The zero-order valence-corrected chi connectivity index (χ0v) is 15.9. The Morgan fingerprint density at radius 1 is 1.28 bits per heavy atom. The largest absolute Gasteiger partial charge is 0.372 e. The van der Waals surface area contributed by atoms with Crippen LogP contribution >= 0.6 is 0 Å². The minimum atomic E-state index is -3.62. The Balaban J connectivity index is 1.73. The topological polar surface area (TPSA) is 73.2 Å². The molecule has 0 amide bonds. The zero-order chi connectivity index (χ0) is 18.2. The Labute approximate surface area is 149 Å². The molecule has 1 aromatic heterocycles. The van der Waals surface area contributed by atoms with Crippen LogP contribution in [0.1, 0.15) is 42.4 Å². The van der Waals surface area contributed by atoms with Gasteiger partial charge in [0.25, 0.3) is 0 Å². The number of aryl methyl sites for hydroxylation is 1. The Hall–Kier alpha value is -1.70. The molecule has 0 unspecified atom stereocenters. The zero-order valence-electron chi connectivity index (χ0n) is 15.1. The summed E-state index contributed by atoms with van der Waals surface area (Å²) in [5, 5.41) is 4.37. The molecule has 2 aromatic rings. The van der Waals surface area contributed by atoms with Crippen molar-refractivity contribution in [2.75, 3.05) is 6.54 Å². The molecule has 0 radical (unpaired) electrons. The molecule has 0 aliphatic carbocycles. The van der Waals surface area contributed by atoms with E-state index in [-0.39, 0.29) is 23.6 Å². The molecule has 7 heteroatoms. The Kier molecular flexibility index (Phi) is 4.99. The molecule has 0 fully saturated rings. The van der Waals surface area contributed by atoms with Gasteiger partial charge in [0.15, 0.2) is 0 Å². The third-order valence-electron chi connectivity index (χ3n) is 4.56. The summed E-state index contributed by atoms with van der Waals surface area (Å²) in [4.78, 5) is 0.275. The summed E-state index contributed by atoms with van der Waals surface area (Å²) in [5.74, 6) is 0. The highest BCUT2D eigenvalue weighted by molar-refractivity contribution is 7.89. The maximum absolute atomic E-state index is 12.8. The maximum Gasteiger partial charge on any atom is 0.244 e. The fourth-order valence-corrected chi connectivity index (χ4v) is 4.82. The van der Waals surface area contributed by atoms with Gasteiger partial charge in [-0.05, 0) is 38.8 Å². The fourth-order valence-electron chi connectivity index (χ4n) is 3.35. The van der Waals surface area contributed by atoms with Crippen LogP contribution in [0.2, 0.25) is 0 Å². The smallest absolute Gasteiger partial charge is 0.244 e. The molecule has 1 aromatic carbocycles. The van der Waals surface area contributed by atoms with Crippen LogP contribution in [0.5, 0.6) is 0 Å². The maximum atomic E-state index is 12.8. The molecule has 0 saturated carbocycles. The number of hydrogen-bond donors (Lipinski definition) is 1. The summed E-state index contributed by atoms with van der Waals surface area (Å²) < 4.78 is 35.8. The molecule has 2 heterocycles. The van der Waals surface area contributed by atoms with Crippen LogP contribution in [0.3, 0.4) is 0 Å². The number of fused-ring (bicyclic) bond motifs is 1. The van der Waals surface area contributed by atoms with Gasteiger partial charge in [0.2, 0.25) is 10.0 Å². The predicted octanol–water partition coefficient (Wildman–Crippen LogP) is 2.50. The number of nitrogens with one attached hydrogen (secondary N) is 1. The van der Waals surface area contributed by atoms with Crippen LogP contribution < -0.4 is 4.72 Å². The highest BCUT2D eigenvalue weighted by Gasteiger charge is 2.27. The van der Waals surface area contributed by atoms with Crippen molar-refractivity contribution in [1.82, 2.24) is 14.5 Å². The Morgan fingerprint density at radius 3 is 2.60 bits per heavy atom. The predicted molar refractivity (Wildman–Crippen MR) is 96.0 cm³/mol. The van der Waals surface area contributed by atoms with Crippen molar-refractivity contribution in [1.29, 1.82) is 0 Å². The lowest BCUT2D eigenvalue weighted by Gasteiger charge is -2.25. The lowest BCUT2D eigenvalue weighted by molar-refractivity contribution is 0.0322.